The molecular weight excluding hydrogens is 248 g/mol. The number of nitrogens with zero attached hydrogens (tertiary/aromatic N) is 4. The van der Waals surface area contributed by atoms with Crippen molar-refractivity contribution in [3.63, 3.8) is 0 Å². The largest absolute Gasteiger partial charge is 0.369 e. The van der Waals surface area contributed by atoms with Gasteiger partial charge in [-0.3, -0.25) is 9.67 Å². The zero-order valence-corrected chi connectivity index (χ0v) is 11.2. The Hall–Kier alpha value is -2.36. The van der Waals surface area contributed by atoms with E-state index >= 15 is 0 Å². The Bertz CT molecular complexity index is 719. The molecule has 4 rings (SSSR count). The predicted molar refractivity (Wildman–Crippen MR) is 79.8 cm³/mol. The molecular formula is C16H16N4. The Labute approximate surface area is 117 Å². The summed E-state index contributed by atoms with van der Waals surface area (Å²) >= 11 is 0. The zero-order valence-electron chi connectivity index (χ0n) is 11.2. The third-order valence-electron chi connectivity index (χ3n) is 4.04. The second-order valence-electron chi connectivity index (χ2n) is 5.24. The maximum atomic E-state index is 4.58. The van der Waals surface area contributed by atoms with Crippen LogP contribution < -0.4 is 4.90 Å². The van der Waals surface area contributed by atoms with Crippen molar-refractivity contribution < 1.29 is 0 Å². The Kier molecular flexibility index (Phi) is 2.66. The van der Waals surface area contributed by atoms with E-state index in [0.717, 1.165) is 19.5 Å². The number of para-hydroxylation sites is 1. The second kappa shape index (κ2) is 4.63. The molecule has 4 nitrogen and oxygen atoms in total. The first-order chi connectivity index (χ1) is 9.92. The Morgan fingerprint density at radius 2 is 1.90 bits per heavy atom. The molecule has 0 spiro atoms. The highest BCUT2D eigenvalue weighted by atomic mass is 15.3. The van der Waals surface area contributed by atoms with Crippen LogP contribution in [0.3, 0.4) is 0 Å². The predicted octanol–water partition coefficient (Wildman–Crippen LogP) is 2.88. The fourth-order valence-corrected chi connectivity index (χ4v) is 3.01. The van der Waals surface area contributed by atoms with Crippen molar-refractivity contribution in [2.75, 3.05) is 18.0 Å². The molecule has 0 radical (unpaired) electrons. The van der Waals surface area contributed by atoms with Gasteiger partial charge in [0.05, 0.1) is 17.8 Å². The first kappa shape index (κ1) is 11.5. The minimum absolute atomic E-state index is 0.447. The molecule has 1 aliphatic rings. The number of hydrogen-bond donors (Lipinski definition) is 0. The van der Waals surface area contributed by atoms with Gasteiger partial charge < -0.3 is 4.90 Å². The van der Waals surface area contributed by atoms with E-state index in [1.807, 2.05) is 18.6 Å². The minimum atomic E-state index is 0.447. The Morgan fingerprint density at radius 1 is 1.05 bits per heavy atom. The van der Waals surface area contributed by atoms with Crippen molar-refractivity contribution in [1.82, 2.24) is 14.8 Å². The topological polar surface area (TPSA) is 34.0 Å². The van der Waals surface area contributed by atoms with Crippen LogP contribution >= 0.6 is 0 Å². The smallest absolute Gasteiger partial charge is 0.0718 e. The molecule has 2 aromatic heterocycles. The van der Waals surface area contributed by atoms with Gasteiger partial charge in [-0.15, -0.1) is 0 Å². The van der Waals surface area contributed by atoms with Gasteiger partial charge in [0.15, 0.2) is 0 Å². The Morgan fingerprint density at radius 3 is 2.80 bits per heavy atom. The fraction of sp³-hybridized carbons (Fsp3) is 0.250. The molecule has 0 amide bonds. The number of hydrogen-bond acceptors (Lipinski definition) is 3. The molecule has 3 aromatic rings. The van der Waals surface area contributed by atoms with Crippen molar-refractivity contribution in [2.45, 2.75) is 12.5 Å². The van der Waals surface area contributed by atoms with Crippen LogP contribution in [-0.4, -0.2) is 27.9 Å². The van der Waals surface area contributed by atoms with Crippen LogP contribution in [0.2, 0.25) is 0 Å². The molecule has 0 bridgehead atoms. The van der Waals surface area contributed by atoms with Gasteiger partial charge in [-0.05, 0) is 24.6 Å². The summed E-state index contributed by atoms with van der Waals surface area (Å²) in [6, 6.07) is 13.0. The van der Waals surface area contributed by atoms with Crippen LogP contribution in [0.25, 0.3) is 10.9 Å². The van der Waals surface area contributed by atoms with E-state index in [1.54, 1.807) is 0 Å². The molecule has 1 aliphatic heterocycles. The van der Waals surface area contributed by atoms with E-state index in [-0.39, 0.29) is 0 Å². The lowest BCUT2D eigenvalue weighted by Gasteiger charge is -2.18. The number of anilines is 1. The first-order valence-electron chi connectivity index (χ1n) is 6.99. The van der Waals surface area contributed by atoms with Crippen molar-refractivity contribution in [3.8, 4) is 0 Å². The van der Waals surface area contributed by atoms with E-state index in [9.17, 15) is 0 Å². The molecule has 1 fully saturated rings. The zero-order chi connectivity index (χ0) is 13.4. The molecule has 1 atom stereocenters. The highest BCUT2D eigenvalue weighted by Crippen LogP contribution is 2.28. The molecule has 100 valence electrons. The van der Waals surface area contributed by atoms with Gasteiger partial charge in [-0.1, -0.05) is 18.2 Å². The lowest BCUT2D eigenvalue weighted by atomic mass is 10.2. The van der Waals surface area contributed by atoms with Crippen molar-refractivity contribution in [3.05, 3.63) is 55.0 Å². The monoisotopic (exact) mass is 264 g/mol. The summed E-state index contributed by atoms with van der Waals surface area (Å²) in [5.41, 5.74) is 2.48. The molecule has 0 N–H and O–H groups in total. The SMILES string of the molecule is c1ccc2c(c1)cnn2C1CCN(c2ccncc2)C1. The number of rotatable bonds is 2. The van der Waals surface area contributed by atoms with Crippen LogP contribution in [0.15, 0.2) is 55.0 Å². The number of aromatic nitrogens is 3. The summed E-state index contributed by atoms with van der Waals surface area (Å²) in [7, 11) is 0. The van der Waals surface area contributed by atoms with Gasteiger partial charge in [0, 0.05) is 36.6 Å². The van der Waals surface area contributed by atoms with E-state index < -0.39 is 0 Å². The van der Waals surface area contributed by atoms with Crippen molar-refractivity contribution in [1.29, 1.82) is 0 Å². The highest BCUT2D eigenvalue weighted by molar-refractivity contribution is 5.78. The van der Waals surface area contributed by atoms with Crippen LogP contribution in [0.5, 0.6) is 0 Å². The summed E-state index contributed by atoms with van der Waals surface area (Å²) in [4.78, 5) is 6.49. The van der Waals surface area contributed by atoms with Gasteiger partial charge >= 0.3 is 0 Å². The van der Waals surface area contributed by atoms with Gasteiger partial charge in [-0.25, -0.2) is 0 Å². The van der Waals surface area contributed by atoms with E-state index in [0.29, 0.717) is 6.04 Å². The van der Waals surface area contributed by atoms with E-state index in [1.165, 1.54) is 16.6 Å². The second-order valence-corrected chi connectivity index (χ2v) is 5.24. The van der Waals surface area contributed by atoms with Crippen LogP contribution in [0.4, 0.5) is 5.69 Å². The van der Waals surface area contributed by atoms with E-state index in [4.69, 9.17) is 0 Å². The fourth-order valence-electron chi connectivity index (χ4n) is 3.01. The standard InChI is InChI=1S/C16H16N4/c1-2-4-16-13(3-1)11-18-20(16)15-7-10-19(12-15)14-5-8-17-9-6-14/h1-6,8-9,11,15H,7,10,12H2. The molecule has 20 heavy (non-hydrogen) atoms. The van der Waals surface area contributed by atoms with Gasteiger partial charge in [0.1, 0.15) is 0 Å². The van der Waals surface area contributed by atoms with Gasteiger partial charge in [-0.2, -0.15) is 5.10 Å². The minimum Gasteiger partial charge on any atom is -0.369 e. The van der Waals surface area contributed by atoms with Crippen LogP contribution in [0, 0.1) is 0 Å². The number of fused-ring (bicyclic) bond motifs is 1. The van der Waals surface area contributed by atoms with Crippen molar-refractivity contribution >= 4 is 16.6 Å². The molecule has 1 unspecified atom stereocenters. The first-order valence-corrected chi connectivity index (χ1v) is 6.99. The lowest BCUT2D eigenvalue weighted by molar-refractivity contribution is 0.511. The number of benzene rings is 1. The molecule has 1 saturated heterocycles. The van der Waals surface area contributed by atoms with E-state index in [2.05, 4.69) is 56.1 Å². The highest BCUT2D eigenvalue weighted by Gasteiger charge is 2.25. The third kappa shape index (κ3) is 1.84. The maximum absolute atomic E-state index is 4.58. The number of pyridine rings is 1. The summed E-state index contributed by atoms with van der Waals surface area (Å²) in [5.74, 6) is 0. The van der Waals surface area contributed by atoms with Crippen LogP contribution in [-0.2, 0) is 0 Å². The molecule has 4 heteroatoms. The summed E-state index contributed by atoms with van der Waals surface area (Å²) < 4.78 is 2.18. The summed E-state index contributed by atoms with van der Waals surface area (Å²) in [6.45, 7) is 2.08. The molecule has 0 aliphatic carbocycles. The maximum Gasteiger partial charge on any atom is 0.0718 e. The third-order valence-corrected chi connectivity index (χ3v) is 4.04. The van der Waals surface area contributed by atoms with Crippen molar-refractivity contribution in [2.24, 2.45) is 0 Å². The average Bonchev–Trinajstić information content (AvgIpc) is 3.14. The normalized spacial score (nSPS) is 18.8. The Balaban J connectivity index is 1.62. The van der Waals surface area contributed by atoms with Gasteiger partial charge in [0.2, 0.25) is 0 Å². The summed E-state index contributed by atoms with van der Waals surface area (Å²) in [6.07, 6.45) is 6.80. The summed E-state index contributed by atoms with van der Waals surface area (Å²) in [5, 5.41) is 5.80. The average molecular weight is 264 g/mol. The molecule has 3 heterocycles. The van der Waals surface area contributed by atoms with Gasteiger partial charge in [0.25, 0.3) is 0 Å². The lowest BCUT2D eigenvalue weighted by Crippen LogP contribution is -2.21. The molecule has 0 saturated carbocycles. The van der Waals surface area contributed by atoms with Crippen LogP contribution in [0.1, 0.15) is 12.5 Å². The molecule has 1 aromatic carbocycles. The quantitative estimate of drug-likeness (QED) is 0.713.